The van der Waals surface area contributed by atoms with Gasteiger partial charge in [-0.15, -0.1) is 0 Å². The van der Waals surface area contributed by atoms with Crippen molar-refractivity contribution in [1.82, 2.24) is 14.9 Å². The van der Waals surface area contributed by atoms with Crippen molar-refractivity contribution in [2.45, 2.75) is 38.4 Å². The van der Waals surface area contributed by atoms with Crippen LogP contribution in [-0.2, 0) is 16.1 Å². The van der Waals surface area contributed by atoms with Crippen LogP contribution in [-0.4, -0.2) is 33.7 Å². The van der Waals surface area contributed by atoms with Gasteiger partial charge in [-0.2, -0.15) is 0 Å². The summed E-state index contributed by atoms with van der Waals surface area (Å²) in [5.41, 5.74) is 5.43. The van der Waals surface area contributed by atoms with Gasteiger partial charge in [-0.1, -0.05) is 36.0 Å². The number of anilines is 1. The Hall–Kier alpha value is -3.06. The van der Waals surface area contributed by atoms with Crippen molar-refractivity contribution in [1.29, 1.82) is 0 Å². The van der Waals surface area contributed by atoms with Gasteiger partial charge in [-0.3, -0.25) is 14.2 Å². The van der Waals surface area contributed by atoms with Crippen LogP contribution in [0.15, 0.2) is 60.0 Å². The molecule has 0 bridgehead atoms. The molecule has 0 radical (unpaired) electrons. The first-order valence-corrected chi connectivity index (χ1v) is 11.4. The number of rotatable bonds is 7. The Balaban J connectivity index is 1.31. The van der Waals surface area contributed by atoms with Crippen LogP contribution >= 0.6 is 11.8 Å². The Bertz CT molecular complexity index is 1090. The molecule has 1 aliphatic heterocycles. The fourth-order valence-corrected chi connectivity index (χ4v) is 4.47. The Morgan fingerprint density at radius 3 is 2.71 bits per heavy atom. The van der Waals surface area contributed by atoms with E-state index in [1.807, 2.05) is 46.0 Å². The zero-order valence-corrected chi connectivity index (χ0v) is 18.6. The molecule has 3 aromatic rings. The minimum Gasteiger partial charge on any atom is -0.351 e. The van der Waals surface area contributed by atoms with E-state index in [1.54, 1.807) is 6.20 Å². The molecule has 160 valence electrons. The second kappa shape index (κ2) is 9.39. The maximum atomic E-state index is 12.4. The number of imidazole rings is 1. The first-order chi connectivity index (χ1) is 15.0. The third kappa shape index (κ3) is 4.82. The summed E-state index contributed by atoms with van der Waals surface area (Å²) in [5, 5.41) is 3.76. The molecule has 2 amide bonds. The van der Waals surface area contributed by atoms with Crippen LogP contribution in [0.4, 0.5) is 5.69 Å². The van der Waals surface area contributed by atoms with E-state index in [2.05, 4.69) is 36.3 Å². The van der Waals surface area contributed by atoms with E-state index in [-0.39, 0.29) is 11.8 Å². The largest absolute Gasteiger partial charge is 0.351 e. The molecule has 1 aromatic heterocycles. The third-order valence-corrected chi connectivity index (χ3v) is 6.55. The maximum Gasteiger partial charge on any atom is 0.230 e. The van der Waals surface area contributed by atoms with Gasteiger partial charge in [0.25, 0.3) is 0 Å². The number of hydrogen-bond acceptors (Lipinski definition) is 4. The second-order valence-corrected chi connectivity index (χ2v) is 8.62. The number of thioether (sulfide) groups is 1. The van der Waals surface area contributed by atoms with Gasteiger partial charge in [-0.05, 0) is 55.2 Å². The predicted molar refractivity (Wildman–Crippen MR) is 124 cm³/mol. The Morgan fingerprint density at radius 2 is 1.97 bits per heavy atom. The van der Waals surface area contributed by atoms with E-state index in [0.29, 0.717) is 18.7 Å². The normalized spacial score (nSPS) is 13.6. The number of amides is 2. The molecule has 6 nitrogen and oxygen atoms in total. The zero-order chi connectivity index (χ0) is 21.8. The van der Waals surface area contributed by atoms with Crippen LogP contribution in [0, 0.1) is 13.8 Å². The van der Waals surface area contributed by atoms with Crippen molar-refractivity contribution in [3.8, 4) is 5.69 Å². The van der Waals surface area contributed by atoms with Crippen LogP contribution in [0.25, 0.3) is 5.69 Å². The Kier molecular flexibility index (Phi) is 6.42. The SMILES string of the molecule is Cc1cccc(-n2ccnc2SCC(=O)NCc2ccc(N3CCCC3=O)cc2)c1C. The van der Waals surface area contributed by atoms with Crippen molar-refractivity contribution in [2.24, 2.45) is 0 Å². The second-order valence-electron chi connectivity index (χ2n) is 7.68. The van der Waals surface area contributed by atoms with Crippen LogP contribution in [0.5, 0.6) is 0 Å². The first-order valence-electron chi connectivity index (χ1n) is 10.4. The molecule has 1 fully saturated rings. The minimum absolute atomic E-state index is 0.0423. The van der Waals surface area contributed by atoms with E-state index in [0.717, 1.165) is 35.1 Å². The Labute approximate surface area is 186 Å². The summed E-state index contributed by atoms with van der Waals surface area (Å²) in [7, 11) is 0. The fourth-order valence-electron chi connectivity index (χ4n) is 3.67. The summed E-state index contributed by atoms with van der Waals surface area (Å²) in [5.74, 6) is 0.430. The van der Waals surface area contributed by atoms with E-state index in [9.17, 15) is 9.59 Å². The number of carbonyl (C=O) groups excluding carboxylic acids is 2. The average Bonchev–Trinajstić information content (AvgIpc) is 3.42. The Morgan fingerprint density at radius 1 is 1.16 bits per heavy atom. The van der Waals surface area contributed by atoms with Crippen molar-refractivity contribution < 1.29 is 9.59 Å². The number of nitrogens with one attached hydrogen (secondary N) is 1. The molecule has 1 aliphatic rings. The van der Waals surface area contributed by atoms with Crippen molar-refractivity contribution in [2.75, 3.05) is 17.2 Å². The van der Waals surface area contributed by atoms with Gasteiger partial charge < -0.3 is 10.2 Å². The molecule has 7 heteroatoms. The van der Waals surface area contributed by atoms with Gasteiger partial charge in [-0.25, -0.2) is 4.98 Å². The lowest BCUT2D eigenvalue weighted by Gasteiger charge is -2.16. The molecule has 2 aromatic carbocycles. The van der Waals surface area contributed by atoms with Crippen LogP contribution in [0.1, 0.15) is 29.5 Å². The van der Waals surface area contributed by atoms with Crippen molar-refractivity contribution in [3.63, 3.8) is 0 Å². The highest BCUT2D eigenvalue weighted by Gasteiger charge is 2.21. The molecule has 0 unspecified atom stereocenters. The predicted octanol–water partition coefficient (Wildman–Crippen LogP) is 4.02. The maximum absolute atomic E-state index is 12.4. The molecule has 2 heterocycles. The van der Waals surface area contributed by atoms with E-state index in [4.69, 9.17) is 0 Å². The highest BCUT2D eigenvalue weighted by atomic mass is 32.2. The molecule has 1 N–H and O–H groups in total. The van der Waals surface area contributed by atoms with Crippen LogP contribution in [0.3, 0.4) is 0 Å². The van der Waals surface area contributed by atoms with Gasteiger partial charge in [0.1, 0.15) is 0 Å². The van der Waals surface area contributed by atoms with Crippen LogP contribution in [0.2, 0.25) is 0 Å². The van der Waals surface area contributed by atoms with E-state index >= 15 is 0 Å². The summed E-state index contributed by atoms with van der Waals surface area (Å²) in [6.45, 7) is 5.42. The summed E-state index contributed by atoms with van der Waals surface area (Å²) >= 11 is 1.42. The molecule has 1 saturated heterocycles. The molecular weight excluding hydrogens is 408 g/mol. The molecule has 0 saturated carbocycles. The topological polar surface area (TPSA) is 67.2 Å². The average molecular weight is 435 g/mol. The zero-order valence-electron chi connectivity index (χ0n) is 17.8. The third-order valence-electron chi connectivity index (χ3n) is 5.59. The van der Waals surface area contributed by atoms with E-state index in [1.165, 1.54) is 22.9 Å². The number of benzene rings is 2. The quantitative estimate of drug-likeness (QED) is 0.570. The van der Waals surface area contributed by atoms with Gasteiger partial charge in [0.2, 0.25) is 11.8 Å². The first kappa shape index (κ1) is 21.2. The van der Waals surface area contributed by atoms with Crippen molar-refractivity contribution >= 4 is 29.3 Å². The molecule has 31 heavy (non-hydrogen) atoms. The number of hydrogen-bond donors (Lipinski definition) is 1. The molecule has 0 aliphatic carbocycles. The molecular formula is C24H26N4O2S. The molecule has 0 spiro atoms. The minimum atomic E-state index is -0.0423. The standard InChI is InChI=1S/C24H26N4O2S/c1-17-5-3-6-21(18(17)2)28-14-12-25-24(28)31-16-22(29)26-15-19-8-10-20(11-9-19)27-13-4-7-23(27)30/h3,5-6,8-12,14H,4,7,13,15-16H2,1-2H3,(H,26,29). The summed E-state index contributed by atoms with van der Waals surface area (Å²) in [6.07, 6.45) is 5.22. The monoisotopic (exact) mass is 434 g/mol. The van der Waals surface area contributed by atoms with Gasteiger partial charge in [0.05, 0.1) is 11.4 Å². The highest BCUT2D eigenvalue weighted by molar-refractivity contribution is 7.99. The summed E-state index contributed by atoms with van der Waals surface area (Å²) in [4.78, 5) is 30.5. The smallest absolute Gasteiger partial charge is 0.230 e. The lowest BCUT2D eigenvalue weighted by atomic mass is 10.1. The van der Waals surface area contributed by atoms with Crippen molar-refractivity contribution in [3.05, 3.63) is 71.5 Å². The van der Waals surface area contributed by atoms with E-state index < -0.39 is 0 Å². The lowest BCUT2D eigenvalue weighted by Crippen LogP contribution is -2.25. The van der Waals surface area contributed by atoms with Gasteiger partial charge >= 0.3 is 0 Å². The number of aryl methyl sites for hydroxylation is 1. The number of aromatic nitrogens is 2. The van der Waals surface area contributed by atoms with Gasteiger partial charge in [0.15, 0.2) is 5.16 Å². The fraction of sp³-hybridized carbons (Fsp3) is 0.292. The summed E-state index contributed by atoms with van der Waals surface area (Å²) in [6, 6.07) is 14.0. The van der Waals surface area contributed by atoms with Gasteiger partial charge in [0, 0.05) is 37.6 Å². The number of carbonyl (C=O) groups is 2. The lowest BCUT2D eigenvalue weighted by molar-refractivity contribution is -0.119. The summed E-state index contributed by atoms with van der Waals surface area (Å²) < 4.78 is 2.03. The molecule has 0 atom stereocenters. The van der Waals surface area contributed by atoms with Crippen LogP contribution < -0.4 is 10.2 Å². The highest BCUT2D eigenvalue weighted by Crippen LogP contribution is 2.24. The molecule has 4 rings (SSSR count). The number of nitrogens with zero attached hydrogens (tertiary/aromatic N) is 3.